The van der Waals surface area contributed by atoms with Crippen LogP contribution in [0, 0.1) is 11.6 Å². The zero-order valence-corrected chi connectivity index (χ0v) is 9.08. The average Bonchev–Trinajstić information content (AvgIpc) is 2.30. The van der Waals surface area contributed by atoms with Crippen molar-refractivity contribution < 1.29 is 18.6 Å². The molecular weight excluding hydrogens is 226 g/mol. The lowest BCUT2D eigenvalue weighted by molar-refractivity contribution is 0.387. The Morgan fingerprint density at radius 1 is 1.06 bits per heavy atom. The van der Waals surface area contributed by atoms with Gasteiger partial charge in [-0.15, -0.1) is 0 Å². The third kappa shape index (κ3) is 2.06. The molecule has 2 rings (SSSR count). The summed E-state index contributed by atoms with van der Waals surface area (Å²) in [7, 11) is 1.34. The minimum Gasteiger partial charge on any atom is -0.508 e. The normalized spacial score (nSPS) is 10.3. The predicted molar refractivity (Wildman–Crippen MR) is 60.0 cm³/mol. The summed E-state index contributed by atoms with van der Waals surface area (Å²) < 4.78 is 32.3. The smallest absolute Gasteiger partial charge is 0.172 e. The first-order valence-corrected chi connectivity index (χ1v) is 4.95. The van der Waals surface area contributed by atoms with Gasteiger partial charge in [0.15, 0.2) is 11.6 Å². The van der Waals surface area contributed by atoms with Gasteiger partial charge in [-0.3, -0.25) is 0 Å². The van der Waals surface area contributed by atoms with Gasteiger partial charge in [-0.1, -0.05) is 12.1 Å². The molecule has 0 aliphatic carbocycles. The van der Waals surface area contributed by atoms with E-state index in [0.717, 1.165) is 6.07 Å². The Balaban J connectivity index is 2.60. The van der Waals surface area contributed by atoms with Gasteiger partial charge < -0.3 is 9.84 Å². The Morgan fingerprint density at radius 2 is 1.82 bits per heavy atom. The molecule has 2 nitrogen and oxygen atoms in total. The Morgan fingerprint density at radius 3 is 2.47 bits per heavy atom. The number of methoxy groups -OCH3 is 1. The topological polar surface area (TPSA) is 29.5 Å². The number of rotatable bonds is 2. The van der Waals surface area contributed by atoms with Gasteiger partial charge in [0.25, 0.3) is 0 Å². The second-order valence-corrected chi connectivity index (χ2v) is 3.49. The lowest BCUT2D eigenvalue weighted by Crippen LogP contribution is -1.93. The molecule has 0 fully saturated rings. The maximum absolute atomic E-state index is 13.9. The van der Waals surface area contributed by atoms with Crippen molar-refractivity contribution in [3.8, 4) is 22.6 Å². The molecule has 0 amide bonds. The number of phenols is 1. The Labute approximate surface area is 97.1 Å². The van der Waals surface area contributed by atoms with Crippen LogP contribution in [0.5, 0.6) is 11.5 Å². The first-order chi connectivity index (χ1) is 8.13. The summed E-state index contributed by atoms with van der Waals surface area (Å²) in [5, 5.41) is 9.10. The summed E-state index contributed by atoms with van der Waals surface area (Å²) in [6.07, 6.45) is 0. The van der Waals surface area contributed by atoms with Crippen LogP contribution < -0.4 is 4.74 Å². The number of benzene rings is 2. The SMILES string of the molecule is COc1cccc(-c2ccc(O)cc2F)c1F. The van der Waals surface area contributed by atoms with Crippen molar-refractivity contribution >= 4 is 0 Å². The number of hydrogen-bond donors (Lipinski definition) is 1. The van der Waals surface area contributed by atoms with Crippen LogP contribution in [0.25, 0.3) is 11.1 Å². The summed E-state index contributed by atoms with van der Waals surface area (Å²) in [5.41, 5.74) is 0.182. The van der Waals surface area contributed by atoms with Crippen molar-refractivity contribution in [1.29, 1.82) is 0 Å². The van der Waals surface area contributed by atoms with Gasteiger partial charge in [-0.05, 0) is 18.2 Å². The van der Waals surface area contributed by atoms with E-state index in [0.29, 0.717) is 0 Å². The Hall–Kier alpha value is -2.10. The van der Waals surface area contributed by atoms with E-state index in [4.69, 9.17) is 9.84 Å². The van der Waals surface area contributed by atoms with Crippen LogP contribution in [0.3, 0.4) is 0 Å². The van der Waals surface area contributed by atoms with E-state index in [1.165, 1.54) is 31.4 Å². The fraction of sp³-hybridized carbons (Fsp3) is 0.0769. The van der Waals surface area contributed by atoms with Gasteiger partial charge in [0.05, 0.1) is 7.11 Å². The van der Waals surface area contributed by atoms with Crippen molar-refractivity contribution in [2.75, 3.05) is 7.11 Å². The molecule has 0 aliphatic rings. The van der Waals surface area contributed by atoms with E-state index >= 15 is 0 Å². The minimum atomic E-state index is -0.683. The van der Waals surface area contributed by atoms with Crippen LogP contribution in [0.2, 0.25) is 0 Å². The van der Waals surface area contributed by atoms with Crippen molar-refractivity contribution in [1.82, 2.24) is 0 Å². The number of aromatic hydroxyl groups is 1. The van der Waals surface area contributed by atoms with Crippen LogP contribution >= 0.6 is 0 Å². The molecule has 0 saturated heterocycles. The number of phenolic OH excluding ortho intramolecular Hbond substituents is 1. The maximum atomic E-state index is 13.9. The fourth-order valence-corrected chi connectivity index (χ4v) is 1.60. The highest BCUT2D eigenvalue weighted by atomic mass is 19.1. The zero-order valence-electron chi connectivity index (χ0n) is 9.08. The summed E-state index contributed by atoms with van der Waals surface area (Å²) in [4.78, 5) is 0. The van der Waals surface area contributed by atoms with E-state index in [1.54, 1.807) is 6.07 Å². The largest absolute Gasteiger partial charge is 0.508 e. The maximum Gasteiger partial charge on any atom is 0.172 e. The molecule has 0 unspecified atom stereocenters. The highest BCUT2D eigenvalue weighted by Gasteiger charge is 2.13. The lowest BCUT2D eigenvalue weighted by atomic mass is 10.0. The van der Waals surface area contributed by atoms with E-state index in [2.05, 4.69) is 0 Å². The van der Waals surface area contributed by atoms with Crippen molar-refractivity contribution in [2.24, 2.45) is 0 Å². The molecule has 2 aromatic rings. The first-order valence-electron chi connectivity index (χ1n) is 4.95. The molecule has 4 heteroatoms. The third-order valence-electron chi connectivity index (χ3n) is 2.43. The molecule has 2 aromatic carbocycles. The van der Waals surface area contributed by atoms with E-state index in [9.17, 15) is 8.78 Å². The van der Waals surface area contributed by atoms with Crippen molar-refractivity contribution in [3.63, 3.8) is 0 Å². The van der Waals surface area contributed by atoms with Crippen molar-refractivity contribution in [2.45, 2.75) is 0 Å². The summed E-state index contributed by atoms with van der Waals surface area (Å²) >= 11 is 0. The molecule has 0 bridgehead atoms. The van der Waals surface area contributed by atoms with E-state index in [1.807, 2.05) is 0 Å². The molecule has 0 atom stereocenters. The Bertz CT molecular complexity index is 553. The lowest BCUT2D eigenvalue weighted by Gasteiger charge is -2.08. The van der Waals surface area contributed by atoms with Crippen LogP contribution in [0.15, 0.2) is 36.4 Å². The van der Waals surface area contributed by atoms with Crippen molar-refractivity contribution in [3.05, 3.63) is 48.0 Å². The molecular formula is C13H10F2O2. The monoisotopic (exact) mass is 236 g/mol. The van der Waals surface area contributed by atoms with Gasteiger partial charge in [0.2, 0.25) is 0 Å². The van der Waals surface area contributed by atoms with Crippen LogP contribution in [-0.2, 0) is 0 Å². The standard InChI is InChI=1S/C13H10F2O2/c1-17-12-4-2-3-10(13(12)15)9-6-5-8(16)7-11(9)14/h2-7,16H,1H3. The highest BCUT2D eigenvalue weighted by molar-refractivity contribution is 5.67. The van der Waals surface area contributed by atoms with Gasteiger partial charge in [-0.25, -0.2) is 8.78 Å². The number of ether oxygens (including phenoxy) is 1. The van der Waals surface area contributed by atoms with Gasteiger partial charge in [-0.2, -0.15) is 0 Å². The molecule has 1 N–H and O–H groups in total. The zero-order chi connectivity index (χ0) is 12.4. The molecule has 88 valence electrons. The number of hydrogen-bond acceptors (Lipinski definition) is 2. The van der Waals surface area contributed by atoms with E-state index in [-0.39, 0.29) is 22.6 Å². The van der Waals surface area contributed by atoms with Gasteiger partial charge >= 0.3 is 0 Å². The molecule has 0 saturated carbocycles. The van der Waals surface area contributed by atoms with Crippen LogP contribution in [0.4, 0.5) is 8.78 Å². The Kier molecular flexibility index (Phi) is 2.95. The molecule has 17 heavy (non-hydrogen) atoms. The van der Waals surface area contributed by atoms with Gasteiger partial charge in [0, 0.05) is 17.2 Å². The average molecular weight is 236 g/mol. The highest BCUT2D eigenvalue weighted by Crippen LogP contribution is 2.31. The van der Waals surface area contributed by atoms with E-state index < -0.39 is 11.6 Å². The number of halogens is 2. The quantitative estimate of drug-likeness (QED) is 0.866. The fourth-order valence-electron chi connectivity index (χ4n) is 1.60. The molecule has 0 heterocycles. The summed E-state index contributed by atoms with van der Waals surface area (Å²) in [6.45, 7) is 0. The van der Waals surface area contributed by atoms with Crippen LogP contribution in [0.1, 0.15) is 0 Å². The van der Waals surface area contributed by atoms with Crippen LogP contribution in [-0.4, -0.2) is 12.2 Å². The molecule has 0 aromatic heterocycles. The summed E-state index contributed by atoms with van der Waals surface area (Å²) in [6, 6.07) is 8.04. The first kappa shape index (κ1) is 11.4. The molecule has 0 aliphatic heterocycles. The molecule has 0 radical (unpaired) electrons. The second kappa shape index (κ2) is 4.41. The summed E-state index contributed by atoms with van der Waals surface area (Å²) in [5.74, 6) is -1.46. The molecule has 0 spiro atoms. The minimum absolute atomic E-state index is 0.0509. The second-order valence-electron chi connectivity index (χ2n) is 3.49. The van der Waals surface area contributed by atoms with Gasteiger partial charge in [0.1, 0.15) is 11.6 Å². The third-order valence-corrected chi connectivity index (χ3v) is 2.43. The predicted octanol–water partition coefficient (Wildman–Crippen LogP) is 3.35.